The van der Waals surface area contributed by atoms with Crippen molar-refractivity contribution >= 4 is 29.2 Å². The van der Waals surface area contributed by atoms with Crippen LogP contribution < -0.4 is 16.2 Å². The van der Waals surface area contributed by atoms with Crippen LogP contribution in [0.3, 0.4) is 0 Å². The highest BCUT2D eigenvalue weighted by molar-refractivity contribution is 6.34. The summed E-state index contributed by atoms with van der Waals surface area (Å²) in [7, 11) is 1.30. The van der Waals surface area contributed by atoms with Crippen molar-refractivity contribution in [2.75, 3.05) is 12.4 Å². The van der Waals surface area contributed by atoms with E-state index in [4.69, 9.17) is 16.3 Å². The minimum Gasteiger partial charge on any atom is -0.465 e. The fourth-order valence-corrected chi connectivity index (χ4v) is 5.54. The molecule has 1 amide bonds. The van der Waals surface area contributed by atoms with Crippen molar-refractivity contribution in [3.63, 3.8) is 0 Å². The Morgan fingerprint density at radius 3 is 2.88 bits per heavy atom. The number of carbonyl (C=O) groups is 2. The zero-order valence-corrected chi connectivity index (χ0v) is 19.2. The van der Waals surface area contributed by atoms with Gasteiger partial charge in [0.05, 0.1) is 29.7 Å². The molecule has 172 valence electrons. The molecule has 32 heavy (non-hydrogen) atoms. The lowest BCUT2D eigenvalue weighted by Gasteiger charge is -2.48. The Labute approximate surface area is 193 Å². The number of hydrazine groups is 1. The second-order valence-corrected chi connectivity index (χ2v) is 9.43. The maximum Gasteiger partial charge on any atom is 0.340 e. The molecular formula is C23H30ClN5O3. The van der Waals surface area contributed by atoms with Crippen molar-refractivity contribution in [3.05, 3.63) is 47.5 Å². The monoisotopic (exact) mass is 459 g/mol. The zero-order valence-electron chi connectivity index (χ0n) is 18.4. The van der Waals surface area contributed by atoms with Crippen LogP contribution in [0.2, 0.25) is 5.02 Å². The molecule has 4 rings (SSSR count). The smallest absolute Gasteiger partial charge is 0.340 e. The van der Waals surface area contributed by atoms with Gasteiger partial charge in [-0.25, -0.2) is 20.6 Å². The van der Waals surface area contributed by atoms with E-state index in [0.29, 0.717) is 17.4 Å². The first kappa shape index (κ1) is 22.8. The van der Waals surface area contributed by atoms with E-state index in [1.807, 2.05) is 12.5 Å². The van der Waals surface area contributed by atoms with Crippen LogP contribution in [-0.4, -0.2) is 34.6 Å². The van der Waals surface area contributed by atoms with E-state index in [-0.39, 0.29) is 28.7 Å². The molecule has 2 heterocycles. The number of esters is 1. The summed E-state index contributed by atoms with van der Waals surface area (Å²) in [5, 5.41) is 3.16. The molecule has 1 saturated carbocycles. The number of hydrogen-bond acceptors (Lipinski definition) is 6. The average Bonchev–Trinajstić information content (AvgIpc) is 3.25. The van der Waals surface area contributed by atoms with Gasteiger partial charge in [0.25, 0.3) is 0 Å². The van der Waals surface area contributed by atoms with Crippen molar-refractivity contribution in [2.45, 2.75) is 57.7 Å². The number of nitrogens with zero attached hydrogens (tertiary/aromatic N) is 2. The number of para-hydroxylation sites is 1. The van der Waals surface area contributed by atoms with Crippen molar-refractivity contribution < 1.29 is 14.3 Å². The molecule has 1 saturated heterocycles. The normalized spacial score (nSPS) is 28.2. The van der Waals surface area contributed by atoms with E-state index in [1.54, 1.807) is 24.4 Å². The maximum atomic E-state index is 13.3. The maximum absolute atomic E-state index is 13.3. The third-order valence-electron chi connectivity index (χ3n) is 6.77. The molecule has 2 aliphatic rings. The van der Waals surface area contributed by atoms with Gasteiger partial charge >= 0.3 is 5.97 Å². The molecule has 1 spiro atoms. The average molecular weight is 460 g/mol. The van der Waals surface area contributed by atoms with E-state index in [2.05, 4.69) is 32.6 Å². The number of hydrogen-bond donors (Lipinski definition) is 3. The molecule has 1 aliphatic carbocycles. The number of nitrogens with one attached hydrogen (secondary N) is 3. The Kier molecular flexibility index (Phi) is 6.83. The summed E-state index contributed by atoms with van der Waals surface area (Å²) in [4.78, 5) is 29.7. The van der Waals surface area contributed by atoms with Gasteiger partial charge in [-0.3, -0.25) is 4.79 Å². The Bertz CT molecular complexity index is 967. The molecule has 2 fully saturated rings. The Hall–Kier alpha value is -2.42. The zero-order chi connectivity index (χ0) is 22.7. The summed E-state index contributed by atoms with van der Waals surface area (Å²) in [6.45, 7) is 2.29. The molecule has 0 bridgehead atoms. The molecule has 3 N–H and O–H groups in total. The number of halogens is 1. The molecule has 9 heteroatoms. The van der Waals surface area contributed by atoms with Gasteiger partial charge in [0.1, 0.15) is 12.2 Å². The van der Waals surface area contributed by atoms with Gasteiger partial charge in [-0.05, 0) is 37.3 Å². The van der Waals surface area contributed by atoms with Crippen molar-refractivity contribution in [3.8, 4) is 0 Å². The SMILES string of the molecule is COC(=O)c1cccc(Cl)c1NC(=O)C1CC2(CCCCC(C)C2)C(n2ccnc2)NN1. The minimum atomic E-state index is -0.549. The van der Waals surface area contributed by atoms with E-state index in [9.17, 15) is 9.59 Å². The molecule has 1 aromatic carbocycles. The van der Waals surface area contributed by atoms with Crippen molar-refractivity contribution in [1.82, 2.24) is 20.4 Å². The predicted molar refractivity (Wildman–Crippen MR) is 122 cm³/mol. The van der Waals surface area contributed by atoms with Crippen molar-refractivity contribution in [1.29, 1.82) is 0 Å². The largest absolute Gasteiger partial charge is 0.465 e. The van der Waals surface area contributed by atoms with Gasteiger partial charge in [-0.15, -0.1) is 0 Å². The van der Waals surface area contributed by atoms with Crippen LogP contribution >= 0.6 is 11.6 Å². The van der Waals surface area contributed by atoms with Gasteiger partial charge in [0, 0.05) is 17.8 Å². The van der Waals surface area contributed by atoms with Gasteiger partial charge in [-0.2, -0.15) is 0 Å². The summed E-state index contributed by atoms with van der Waals surface area (Å²) in [6.07, 6.45) is 11.8. The lowest BCUT2D eigenvalue weighted by Crippen LogP contribution is -2.61. The fraction of sp³-hybridized carbons (Fsp3) is 0.522. The minimum absolute atomic E-state index is 0.000503. The van der Waals surface area contributed by atoms with E-state index >= 15 is 0 Å². The van der Waals surface area contributed by atoms with E-state index < -0.39 is 12.0 Å². The molecule has 8 nitrogen and oxygen atoms in total. The molecule has 2 aromatic rings. The van der Waals surface area contributed by atoms with Crippen LogP contribution in [0.5, 0.6) is 0 Å². The second-order valence-electron chi connectivity index (χ2n) is 9.02. The van der Waals surface area contributed by atoms with Crippen LogP contribution in [0.4, 0.5) is 5.69 Å². The Morgan fingerprint density at radius 1 is 1.28 bits per heavy atom. The summed E-state index contributed by atoms with van der Waals surface area (Å²) < 4.78 is 6.93. The molecular weight excluding hydrogens is 430 g/mol. The second kappa shape index (κ2) is 9.60. The predicted octanol–water partition coefficient (Wildman–Crippen LogP) is 3.91. The topological polar surface area (TPSA) is 97.3 Å². The number of ether oxygens (including phenoxy) is 1. The van der Waals surface area contributed by atoms with Crippen LogP contribution in [0.1, 0.15) is 62.0 Å². The molecule has 1 aromatic heterocycles. The van der Waals surface area contributed by atoms with Gasteiger partial charge in [0.15, 0.2) is 0 Å². The number of benzene rings is 1. The van der Waals surface area contributed by atoms with Crippen molar-refractivity contribution in [2.24, 2.45) is 11.3 Å². The molecule has 4 unspecified atom stereocenters. The number of aromatic nitrogens is 2. The lowest BCUT2D eigenvalue weighted by molar-refractivity contribution is -0.122. The first-order chi connectivity index (χ1) is 15.4. The summed E-state index contributed by atoms with van der Waals surface area (Å²) in [5.41, 5.74) is 6.99. The summed E-state index contributed by atoms with van der Waals surface area (Å²) in [6, 6.07) is 4.40. The summed E-state index contributed by atoms with van der Waals surface area (Å²) in [5.74, 6) is -0.218. The Morgan fingerprint density at radius 2 is 2.12 bits per heavy atom. The fourth-order valence-electron chi connectivity index (χ4n) is 5.32. The molecule has 0 radical (unpaired) electrons. The highest BCUT2D eigenvalue weighted by Gasteiger charge is 2.47. The van der Waals surface area contributed by atoms with Crippen LogP contribution in [0.25, 0.3) is 0 Å². The van der Waals surface area contributed by atoms with Crippen LogP contribution in [-0.2, 0) is 9.53 Å². The summed E-state index contributed by atoms with van der Waals surface area (Å²) >= 11 is 6.32. The van der Waals surface area contributed by atoms with Gasteiger partial charge in [0.2, 0.25) is 5.91 Å². The van der Waals surface area contributed by atoms with E-state index in [0.717, 1.165) is 19.3 Å². The first-order valence-electron chi connectivity index (χ1n) is 11.1. The number of carbonyl (C=O) groups excluding carboxylic acids is 2. The van der Waals surface area contributed by atoms with Gasteiger partial charge in [-0.1, -0.05) is 43.9 Å². The first-order valence-corrected chi connectivity index (χ1v) is 11.5. The standard InChI is InChI=1S/C23H30ClN5O3/c1-15-6-3-4-9-23(12-15)13-18(27-28-22(23)29-11-10-25-14-29)20(30)26-19-16(21(31)32-2)7-5-8-17(19)24/h5,7-8,10-11,14-15,18,22,27-28H,3-4,6,9,12-13H2,1-2H3,(H,26,30). The number of amides is 1. The number of anilines is 1. The number of imidazole rings is 1. The Balaban J connectivity index is 1.59. The molecule has 1 aliphatic heterocycles. The third-order valence-corrected chi connectivity index (χ3v) is 7.08. The van der Waals surface area contributed by atoms with Crippen LogP contribution in [0.15, 0.2) is 36.9 Å². The van der Waals surface area contributed by atoms with Crippen LogP contribution in [0, 0.1) is 11.3 Å². The van der Waals surface area contributed by atoms with E-state index in [1.165, 1.54) is 20.0 Å². The number of methoxy groups -OCH3 is 1. The quantitative estimate of drug-likeness (QED) is 0.600. The third kappa shape index (κ3) is 4.53. The number of rotatable bonds is 4. The highest BCUT2D eigenvalue weighted by atomic mass is 35.5. The molecule has 4 atom stereocenters. The van der Waals surface area contributed by atoms with Gasteiger partial charge < -0.3 is 14.6 Å². The lowest BCUT2D eigenvalue weighted by atomic mass is 9.69. The highest BCUT2D eigenvalue weighted by Crippen LogP contribution is 2.49.